The molecule has 2 aromatic rings. The molecule has 2 aromatic carbocycles. The lowest BCUT2D eigenvalue weighted by molar-refractivity contribution is 0.170. The molecule has 0 aliphatic carbocycles. The second kappa shape index (κ2) is 6.09. The molecule has 20 heavy (non-hydrogen) atoms. The number of thioether (sulfide) groups is 1. The van der Waals surface area contributed by atoms with Gasteiger partial charge in [0.1, 0.15) is 13.2 Å². The van der Waals surface area contributed by atoms with Crippen molar-refractivity contribution in [1.82, 2.24) is 0 Å². The molecule has 1 N–H and O–H groups in total. The minimum Gasteiger partial charge on any atom is -0.486 e. The molecule has 0 radical (unpaired) electrons. The van der Waals surface area contributed by atoms with Gasteiger partial charge in [0.15, 0.2) is 11.5 Å². The highest BCUT2D eigenvalue weighted by Gasteiger charge is 2.15. The van der Waals surface area contributed by atoms with E-state index in [1.54, 1.807) is 11.8 Å². The number of nitrogens with one attached hydrogen (secondary N) is 1. The lowest BCUT2D eigenvalue weighted by Crippen LogP contribution is -2.17. The van der Waals surface area contributed by atoms with Crippen LogP contribution >= 0.6 is 11.8 Å². The van der Waals surface area contributed by atoms with E-state index in [4.69, 9.17) is 9.47 Å². The van der Waals surface area contributed by atoms with Crippen LogP contribution in [0.1, 0.15) is 5.56 Å². The summed E-state index contributed by atoms with van der Waals surface area (Å²) in [6.45, 7) is 1.97. The third-order valence-corrected chi connectivity index (χ3v) is 3.93. The molecule has 0 unspecified atom stereocenters. The summed E-state index contributed by atoms with van der Waals surface area (Å²) in [4.78, 5) is 1.25. The van der Waals surface area contributed by atoms with Crippen LogP contribution in [0.3, 0.4) is 0 Å². The first-order chi connectivity index (χ1) is 9.86. The van der Waals surface area contributed by atoms with Crippen LogP contribution in [0.2, 0.25) is 0 Å². The number of para-hydroxylation sites is 1. The van der Waals surface area contributed by atoms with Crippen LogP contribution in [-0.4, -0.2) is 19.5 Å². The third-order valence-electron chi connectivity index (χ3n) is 3.20. The summed E-state index contributed by atoms with van der Waals surface area (Å²) in [5, 5.41) is 3.44. The Balaban J connectivity index is 1.75. The maximum absolute atomic E-state index is 5.72. The van der Waals surface area contributed by atoms with E-state index in [9.17, 15) is 0 Å². The molecule has 0 atom stereocenters. The molecule has 4 heteroatoms. The van der Waals surface area contributed by atoms with Crippen molar-refractivity contribution in [1.29, 1.82) is 0 Å². The molecule has 1 aliphatic rings. The summed E-state index contributed by atoms with van der Waals surface area (Å²) >= 11 is 1.74. The molecule has 3 rings (SSSR count). The average Bonchev–Trinajstić information content (AvgIpc) is 2.53. The monoisotopic (exact) mass is 287 g/mol. The summed E-state index contributed by atoms with van der Waals surface area (Å²) in [7, 11) is 0. The Morgan fingerprint density at radius 1 is 1.10 bits per heavy atom. The summed E-state index contributed by atoms with van der Waals surface area (Å²) in [6, 6.07) is 14.4. The molecular weight excluding hydrogens is 270 g/mol. The van der Waals surface area contributed by atoms with E-state index in [2.05, 4.69) is 41.9 Å². The third kappa shape index (κ3) is 2.85. The summed E-state index contributed by atoms with van der Waals surface area (Å²) in [5.41, 5.74) is 2.24. The average molecular weight is 287 g/mol. The number of hydrogen-bond acceptors (Lipinski definition) is 4. The van der Waals surface area contributed by atoms with Gasteiger partial charge in [0, 0.05) is 22.7 Å². The molecule has 0 saturated carbocycles. The van der Waals surface area contributed by atoms with Crippen molar-refractivity contribution >= 4 is 17.4 Å². The predicted octanol–water partition coefficient (Wildman–Crippen LogP) is 3.79. The van der Waals surface area contributed by atoms with Gasteiger partial charge in [-0.2, -0.15) is 0 Å². The Hall–Kier alpha value is -1.81. The smallest absolute Gasteiger partial charge is 0.166 e. The zero-order valence-electron chi connectivity index (χ0n) is 11.4. The molecule has 0 bridgehead atoms. The van der Waals surface area contributed by atoms with Gasteiger partial charge in [0.25, 0.3) is 0 Å². The van der Waals surface area contributed by atoms with Crippen LogP contribution < -0.4 is 14.8 Å². The minimum absolute atomic E-state index is 0.617. The molecule has 3 nitrogen and oxygen atoms in total. The highest BCUT2D eigenvalue weighted by Crippen LogP contribution is 2.34. The normalized spacial score (nSPS) is 13.1. The first-order valence-corrected chi connectivity index (χ1v) is 7.85. The van der Waals surface area contributed by atoms with Gasteiger partial charge in [-0.05, 0) is 30.5 Å². The van der Waals surface area contributed by atoms with Crippen LogP contribution in [0.4, 0.5) is 5.69 Å². The van der Waals surface area contributed by atoms with E-state index in [0.29, 0.717) is 13.2 Å². The first kappa shape index (κ1) is 13.2. The lowest BCUT2D eigenvalue weighted by atomic mass is 10.1. The number of rotatable bonds is 4. The van der Waals surface area contributed by atoms with Crippen molar-refractivity contribution in [3.8, 4) is 11.5 Å². The number of fused-ring (bicyclic) bond motifs is 1. The van der Waals surface area contributed by atoms with Gasteiger partial charge in [-0.15, -0.1) is 11.8 Å². The lowest BCUT2D eigenvalue weighted by Gasteiger charge is -2.21. The van der Waals surface area contributed by atoms with Gasteiger partial charge in [0.05, 0.1) is 0 Å². The van der Waals surface area contributed by atoms with Gasteiger partial charge in [0.2, 0.25) is 0 Å². The van der Waals surface area contributed by atoms with Crippen molar-refractivity contribution < 1.29 is 9.47 Å². The van der Waals surface area contributed by atoms with Crippen molar-refractivity contribution in [2.24, 2.45) is 0 Å². The maximum Gasteiger partial charge on any atom is 0.166 e. The van der Waals surface area contributed by atoms with Crippen LogP contribution in [0.5, 0.6) is 11.5 Å². The molecule has 1 aliphatic heterocycles. The van der Waals surface area contributed by atoms with Crippen LogP contribution in [0.15, 0.2) is 47.4 Å². The van der Waals surface area contributed by atoms with Crippen LogP contribution in [-0.2, 0) is 6.54 Å². The van der Waals surface area contributed by atoms with Gasteiger partial charge in [-0.3, -0.25) is 0 Å². The van der Waals surface area contributed by atoms with E-state index in [0.717, 1.165) is 29.3 Å². The second-order valence-corrected chi connectivity index (χ2v) is 5.41. The Labute approximate surface area is 123 Å². The van der Waals surface area contributed by atoms with E-state index >= 15 is 0 Å². The largest absolute Gasteiger partial charge is 0.486 e. The molecule has 0 saturated heterocycles. The molecule has 104 valence electrons. The topological polar surface area (TPSA) is 30.5 Å². The molecule has 0 fully saturated rings. The van der Waals surface area contributed by atoms with E-state index in [-0.39, 0.29) is 0 Å². The maximum atomic E-state index is 5.72. The zero-order valence-corrected chi connectivity index (χ0v) is 12.2. The standard InChI is InChI=1S/C16H17NO2S/c1-20-14-6-3-5-13(10-14)17-11-12-4-2-7-15-16(12)19-9-8-18-15/h2-7,10,17H,8-9,11H2,1H3. The van der Waals surface area contributed by atoms with Crippen LogP contribution in [0.25, 0.3) is 0 Å². The van der Waals surface area contributed by atoms with E-state index in [1.165, 1.54) is 4.90 Å². The Morgan fingerprint density at radius 3 is 2.85 bits per heavy atom. The Bertz CT molecular complexity index is 601. The fourth-order valence-electron chi connectivity index (χ4n) is 2.20. The van der Waals surface area contributed by atoms with Gasteiger partial charge >= 0.3 is 0 Å². The Kier molecular flexibility index (Phi) is 4.02. The van der Waals surface area contributed by atoms with Gasteiger partial charge in [-0.1, -0.05) is 18.2 Å². The second-order valence-electron chi connectivity index (χ2n) is 4.53. The van der Waals surface area contributed by atoms with Crippen molar-refractivity contribution in [2.45, 2.75) is 11.4 Å². The fourth-order valence-corrected chi connectivity index (χ4v) is 2.66. The highest BCUT2D eigenvalue weighted by molar-refractivity contribution is 7.98. The van der Waals surface area contributed by atoms with Crippen molar-refractivity contribution in [2.75, 3.05) is 24.8 Å². The quantitative estimate of drug-likeness (QED) is 0.867. The SMILES string of the molecule is CSc1cccc(NCc2cccc3c2OCCO3)c1. The van der Waals surface area contributed by atoms with Crippen LogP contribution in [0, 0.1) is 0 Å². The van der Waals surface area contributed by atoms with E-state index < -0.39 is 0 Å². The molecule has 0 aromatic heterocycles. The molecular formula is C16H17NO2S. The molecule has 1 heterocycles. The van der Waals surface area contributed by atoms with Crippen molar-refractivity contribution in [3.63, 3.8) is 0 Å². The first-order valence-electron chi connectivity index (χ1n) is 6.62. The fraction of sp³-hybridized carbons (Fsp3) is 0.250. The molecule has 0 amide bonds. The zero-order chi connectivity index (χ0) is 13.8. The molecule has 0 spiro atoms. The highest BCUT2D eigenvalue weighted by atomic mass is 32.2. The minimum atomic E-state index is 0.617. The van der Waals surface area contributed by atoms with Gasteiger partial charge < -0.3 is 14.8 Å². The number of ether oxygens (including phenoxy) is 2. The summed E-state index contributed by atoms with van der Waals surface area (Å²) in [6.07, 6.45) is 2.08. The number of benzene rings is 2. The summed E-state index contributed by atoms with van der Waals surface area (Å²) in [5.74, 6) is 1.71. The number of hydrogen-bond donors (Lipinski definition) is 1. The Morgan fingerprint density at radius 2 is 1.95 bits per heavy atom. The van der Waals surface area contributed by atoms with Gasteiger partial charge in [-0.25, -0.2) is 0 Å². The van der Waals surface area contributed by atoms with E-state index in [1.807, 2.05) is 12.1 Å². The predicted molar refractivity (Wildman–Crippen MR) is 83.0 cm³/mol. The summed E-state index contributed by atoms with van der Waals surface area (Å²) < 4.78 is 11.3. The van der Waals surface area contributed by atoms with Crippen molar-refractivity contribution in [3.05, 3.63) is 48.0 Å². The number of anilines is 1.